The number of allylic oxidation sites excluding steroid dienone is 2. The van der Waals surface area contributed by atoms with Crippen LogP contribution in [0.3, 0.4) is 0 Å². The van der Waals surface area contributed by atoms with Crippen molar-refractivity contribution in [2.45, 2.75) is 13.3 Å². The number of carbonyl (C=O) groups is 2. The first-order valence-corrected chi connectivity index (χ1v) is 11.7. The molecule has 4 rings (SSSR count). The van der Waals surface area contributed by atoms with Gasteiger partial charge in [-0.3, -0.25) is 4.79 Å². The zero-order valence-electron chi connectivity index (χ0n) is 22.3. The Kier molecular flexibility index (Phi) is 8.87. The predicted octanol–water partition coefficient (Wildman–Crippen LogP) is 4.06. The first-order chi connectivity index (χ1) is 18.6. The standard InChI is InChI=1S/C16H17NO5.C12H14N2O3/c1-16(15(20)21)8-10(14(18)19)3-5-11(16)9-4-6-13(22-2)12(17)7-9;1-15-10-7-9(14-6-4-5-13-14)8-11(16-2)12(10)17-3/h3-7H,8,17H2,1-2H3,(H,18,19)(H,20,21);4-8H,1-3H3. The van der Waals surface area contributed by atoms with Gasteiger partial charge in [-0.2, -0.15) is 5.10 Å². The maximum absolute atomic E-state index is 11.7. The topological polar surface area (TPSA) is 155 Å². The van der Waals surface area contributed by atoms with Crippen LogP contribution in [0.25, 0.3) is 11.3 Å². The van der Waals surface area contributed by atoms with E-state index in [1.165, 1.54) is 26.2 Å². The van der Waals surface area contributed by atoms with E-state index in [2.05, 4.69) is 5.10 Å². The third kappa shape index (κ3) is 5.98. The summed E-state index contributed by atoms with van der Waals surface area (Å²) in [5.41, 5.74) is 6.99. The Balaban J connectivity index is 0.000000223. The van der Waals surface area contributed by atoms with Gasteiger partial charge in [-0.1, -0.05) is 18.2 Å². The molecule has 11 heteroatoms. The first-order valence-electron chi connectivity index (χ1n) is 11.7. The van der Waals surface area contributed by atoms with Gasteiger partial charge in [0, 0.05) is 30.1 Å². The lowest BCUT2D eigenvalue weighted by Crippen LogP contribution is -2.32. The minimum Gasteiger partial charge on any atom is -0.495 e. The molecule has 0 aliphatic heterocycles. The Morgan fingerprint density at radius 3 is 2.05 bits per heavy atom. The average Bonchev–Trinajstić information content (AvgIpc) is 3.47. The molecule has 3 aromatic rings. The van der Waals surface area contributed by atoms with Crippen LogP contribution in [0.15, 0.2) is 66.5 Å². The Morgan fingerprint density at radius 1 is 0.949 bits per heavy atom. The molecule has 4 N–H and O–H groups in total. The molecule has 2 aromatic carbocycles. The van der Waals surface area contributed by atoms with Gasteiger partial charge >= 0.3 is 11.9 Å². The number of nitrogens with zero attached hydrogens (tertiary/aromatic N) is 2. The third-order valence-corrected chi connectivity index (χ3v) is 6.30. The second kappa shape index (κ2) is 12.1. The fourth-order valence-electron chi connectivity index (χ4n) is 4.18. The number of hydrogen-bond donors (Lipinski definition) is 3. The van der Waals surface area contributed by atoms with E-state index in [0.717, 1.165) is 5.69 Å². The zero-order valence-corrected chi connectivity index (χ0v) is 22.3. The monoisotopic (exact) mass is 537 g/mol. The first kappa shape index (κ1) is 28.6. The van der Waals surface area contributed by atoms with Gasteiger partial charge in [-0.15, -0.1) is 0 Å². The number of methoxy groups -OCH3 is 4. The number of carboxylic acid groups (broad SMARTS) is 2. The lowest BCUT2D eigenvalue weighted by molar-refractivity contribution is -0.144. The molecule has 1 aliphatic rings. The number of anilines is 1. The molecular formula is C28H31N3O8. The van der Waals surface area contributed by atoms with Gasteiger partial charge in [0.15, 0.2) is 11.5 Å². The lowest BCUT2D eigenvalue weighted by Gasteiger charge is -2.31. The highest BCUT2D eigenvalue weighted by Gasteiger charge is 2.41. The number of rotatable bonds is 8. The van der Waals surface area contributed by atoms with Gasteiger partial charge in [0.1, 0.15) is 5.75 Å². The highest BCUT2D eigenvalue weighted by atomic mass is 16.5. The van der Waals surface area contributed by atoms with Crippen LogP contribution in [0.1, 0.15) is 18.9 Å². The number of hydrogen-bond acceptors (Lipinski definition) is 8. The Morgan fingerprint density at radius 2 is 1.59 bits per heavy atom. The molecule has 0 saturated heterocycles. The van der Waals surface area contributed by atoms with E-state index in [9.17, 15) is 14.7 Å². The lowest BCUT2D eigenvalue weighted by atomic mass is 9.71. The van der Waals surface area contributed by atoms with Crippen LogP contribution < -0.4 is 24.7 Å². The number of carboxylic acids is 2. The molecule has 11 nitrogen and oxygen atoms in total. The van der Waals surface area contributed by atoms with Crippen molar-refractivity contribution in [3.63, 3.8) is 0 Å². The van der Waals surface area contributed by atoms with E-state index in [4.69, 9.17) is 29.8 Å². The molecule has 1 aromatic heterocycles. The predicted molar refractivity (Wildman–Crippen MR) is 145 cm³/mol. The molecule has 0 spiro atoms. The van der Waals surface area contributed by atoms with E-state index in [0.29, 0.717) is 39.8 Å². The summed E-state index contributed by atoms with van der Waals surface area (Å²) < 4.78 is 22.6. The van der Waals surface area contributed by atoms with Crippen LogP contribution in [0.2, 0.25) is 0 Å². The van der Waals surface area contributed by atoms with Crippen molar-refractivity contribution >= 4 is 23.2 Å². The van der Waals surface area contributed by atoms with Crippen LogP contribution in [0.4, 0.5) is 5.69 Å². The molecule has 1 atom stereocenters. The fourth-order valence-corrected chi connectivity index (χ4v) is 4.18. The van der Waals surface area contributed by atoms with Crippen molar-refractivity contribution in [1.29, 1.82) is 0 Å². The summed E-state index contributed by atoms with van der Waals surface area (Å²) in [6.07, 6.45) is 6.43. The number of benzene rings is 2. The van der Waals surface area contributed by atoms with Crippen LogP contribution in [0, 0.1) is 5.41 Å². The molecule has 0 amide bonds. The number of aromatic nitrogens is 2. The fraction of sp³-hybridized carbons (Fsp3) is 0.250. The van der Waals surface area contributed by atoms with Crippen molar-refractivity contribution in [3.05, 3.63) is 72.1 Å². The van der Waals surface area contributed by atoms with E-state index in [1.807, 2.05) is 24.4 Å². The summed E-state index contributed by atoms with van der Waals surface area (Å²) in [6.45, 7) is 1.51. The van der Waals surface area contributed by atoms with Gasteiger partial charge in [0.25, 0.3) is 0 Å². The molecule has 1 aliphatic carbocycles. The van der Waals surface area contributed by atoms with Gasteiger partial charge in [-0.25, -0.2) is 9.48 Å². The highest BCUT2D eigenvalue weighted by molar-refractivity contribution is 5.98. The van der Waals surface area contributed by atoms with Gasteiger partial charge in [0.2, 0.25) is 5.75 Å². The normalized spacial score (nSPS) is 16.1. The van der Waals surface area contributed by atoms with Crippen LogP contribution in [-0.4, -0.2) is 60.4 Å². The SMILES string of the molecule is COc1cc(-n2cccn2)cc(OC)c1OC.COc1ccc(C2=CC=C(C(=O)O)CC2(C)C(=O)O)cc1N. The molecule has 0 bridgehead atoms. The molecule has 39 heavy (non-hydrogen) atoms. The van der Waals surface area contributed by atoms with Crippen molar-refractivity contribution in [2.75, 3.05) is 34.2 Å². The maximum Gasteiger partial charge on any atom is 0.331 e. The largest absolute Gasteiger partial charge is 0.495 e. The summed E-state index contributed by atoms with van der Waals surface area (Å²) in [6, 6.07) is 10.5. The van der Waals surface area contributed by atoms with E-state index in [1.54, 1.807) is 50.4 Å². The van der Waals surface area contributed by atoms with Crippen LogP contribution >= 0.6 is 0 Å². The van der Waals surface area contributed by atoms with Crippen LogP contribution in [-0.2, 0) is 9.59 Å². The van der Waals surface area contributed by atoms with E-state index >= 15 is 0 Å². The summed E-state index contributed by atoms with van der Waals surface area (Å²) in [5, 5.41) is 22.8. The Labute approximate surface area is 225 Å². The summed E-state index contributed by atoms with van der Waals surface area (Å²) in [5.74, 6) is 0.0940. The molecule has 0 fully saturated rings. The molecule has 1 unspecified atom stereocenters. The smallest absolute Gasteiger partial charge is 0.331 e. The number of nitrogens with two attached hydrogens (primary N) is 1. The minimum absolute atomic E-state index is 0.0649. The molecule has 0 radical (unpaired) electrons. The van der Waals surface area contributed by atoms with Crippen LogP contribution in [0.5, 0.6) is 23.0 Å². The quantitative estimate of drug-likeness (QED) is 0.358. The zero-order chi connectivity index (χ0) is 28.7. The molecule has 0 saturated carbocycles. The van der Waals surface area contributed by atoms with Gasteiger partial charge < -0.3 is 34.9 Å². The van der Waals surface area contributed by atoms with Gasteiger partial charge in [0.05, 0.1) is 45.2 Å². The van der Waals surface area contributed by atoms with Crippen molar-refractivity contribution in [2.24, 2.45) is 5.41 Å². The van der Waals surface area contributed by atoms with Crippen molar-refractivity contribution < 1.29 is 38.7 Å². The highest BCUT2D eigenvalue weighted by Crippen LogP contribution is 2.44. The third-order valence-electron chi connectivity index (χ3n) is 6.30. The summed E-state index contributed by atoms with van der Waals surface area (Å²) in [7, 11) is 6.25. The number of nitrogen functional groups attached to an aromatic ring is 1. The Hall–Kier alpha value is -4.93. The Bertz CT molecular complexity index is 1390. The number of ether oxygens (including phenoxy) is 4. The summed E-state index contributed by atoms with van der Waals surface area (Å²) >= 11 is 0. The maximum atomic E-state index is 11.7. The second-order valence-corrected chi connectivity index (χ2v) is 8.68. The number of aliphatic carboxylic acids is 2. The second-order valence-electron chi connectivity index (χ2n) is 8.68. The molecule has 1 heterocycles. The summed E-state index contributed by atoms with van der Waals surface area (Å²) in [4.78, 5) is 22.8. The van der Waals surface area contributed by atoms with E-state index < -0.39 is 17.4 Å². The van der Waals surface area contributed by atoms with Crippen molar-refractivity contribution in [1.82, 2.24) is 9.78 Å². The molecular weight excluding hydrogens is 506 g/mol. The molecule has 206 valence electrons. The van der Waals surface area contributed by atoms with Crippen molar-refractivity contribution in [3.8, 4) is 28.7 Å². The average molecular weight is 538 g/mol. The minimum atomic E-state index is -1.33. The van der Waals surface area contributed by atoms with Gasteiger partial charge in [-0.05, 0) is 42.7 Å². The van der Waals surface area contributed by atoms with E-state index in [-0.39, 0.29) is 12.0 Å².